The Morgan fingerprint density at radius 3 is 2.86 bits per heavy atom. The minimum Gasteiger partial charge on any atom is -0.476 e. The molecule has 0 bridgehead atoms. The van der Waals surface area contributed by atoms with E-state index >= 15 is 0 Å². The van der Waals surface area contributed by atoms with Crippen LogP contribution < -0.4 is 0 Å². The van der Waals surface area contributed by atoms with E-state index in [1.54, 1.807) is 0 Å². The maximum Gasteiger partial charge on any atom is 0.358 e. The molecule has 0 radical (unpaired) electrons. The fourth-order valence-corrected chi connectivity index (χ4v) is 2.01. The summed E-state index contributed by atoms with van der Waals surface area (Å²) in [4.78, 5) is 10.5. The Balaban J connectivity index is 1.98. The van der Waals surface area contributed by atoms with Crippen LogP contribution in [0.3, 0.4) is 0 Å². The molecule has 4 heteroatoms. The molecule has 1 N–H and O–H groups in total. The summed E-state index contributed by atoms with van der Waals surface area (Å²) in [5.74, 6) is 0.338. The molecule has 1 aromatic rings. The first-order chi connectivity index (χ1) is 6.75. The quantitative estimate of drug-likeness (QED) is 0.802. The van der Waals surface area contributed by atoms with E-state index in [0.29, 0.717) is 11.7 Å². The first kappa shape index (κ1) is 9.24. The number of carboxylic acid groups (broad SMARTS) is 1. The lowest BCUT2D eigenvalue weighted by Gasteiger charge is -2.03. The Bertz CT molecular complexity index is 326. The average Bonchev–Trinajstić information content (AvgIpc) is 2.75. The molecule has 0 saturated heterocycles. The minimum atomic E-state index is -1.02. The summed E-state index contributed by atoms with van der Waals surface area (Å²) in [5.41, 5.74) is 0.0120. The summed E-state index contributed by atoms with van der Waals surface area (Å²) in [6.07, 6.45) is 5.85. The van der Waals surface area contributed by atoms with E-state index < -0.39 is 5.97 Å². The van der Waals surface area contributed by atoms with Crippen LogP contribution in [0.2, 0.25) is 0 Å². The highest BCUT2D eigenvalue weighted by Gasteiger charge is 2.18. The molecule has 0 amide bonds. The molecule has 0 atom stereocenters. The van der Waals surface area contributed by atoms with Gasteiger partial charge in [-0.1, -0.05) is 30.8 Å². The first-order valence-electron chi connectivity index (χ1n) is 4.94. The van der Waals surface area contributed by atoms with Crippen molar-refractivity contribution in [1.29, 1.82) is 0 Å². The Morgan fingerprint density at radius 2 is 2.29 bits per heavy atom. The van der Waals surface area contributed by atoms with Gasteiger partial charge in [0.05, 0.1) is 0 Å². The van der Waals surface area contributed by atoms with Crippen LogP contribution in [0.1, 0.15) is 41.9 Å². The van der Waals surface area contributed by atoms with E-state index in [0.717, 1.165) is 6.42 Å². The van der Waals surface area contributed by atoms with Gasteiger partial charge in [-0.15, -0.1) is 0 Å². The zero-order valence-corrected chi connectivity index (χ0v) is 7.90. The van der Waals surface area contributed by atoms with Gasteiger partial charge in [-0.2, -0.15) is 0 Å². The molecule has 1 saturated carbocycles. The second-order valence-electron chi connectivity index (χ2n) is 3.84. The monoisotopic (exact) mass is 195 g/mol. The molecule has 2 rings (SSSR count). The smallest absolute Gasteiger partial charge is 0.358 e. The Morgan fingerprint density at radius 1 is 1.57 bits per heavy atom. The van der Waals surface area contributed by atoms with Gasteiger partial charge in [0, 0.05) is 12.5 Å². The fourth-order valence-electron chi connectivity index (χ4n) is 2.01. The van der Waals surface area contributed by atoms with Crippen molar-refractivity contribution in [2.45, 2.75) is 32.1 Å². The summed E-state index contributed by atoms with van der Waals surface area (Å²) >= 11 is 0. The van der Waals surface area contributed by atoms with Crippen LogP contribution >= 0.6 is 0 Å². The highest BCUT2D eigenvalue weighted by atomic mass is 16.5. The number of hydrogen-bond donors (Lipinski definition) is 1. The van der Waals surface area contributed by atoms with Crippen molar-refractivity contribution in [1.82, 2.24) is 5.16 Å². The second kappa shape index (κ2) is 3.82. The second-order valence-corrected chi connectivity index (χ2v) is 3.84. The van der Waals surface area contributed by atoms with E-state index in [1.165, 1.54) is 31.7 Å². The zero-order chi connectivity index (χ0) is 9.97. The average molecular weight is 195 g/mol. The van der Waals surface area contributed by atoms with Crippen LogP contribution in [0.25, 0.3) is 0 Å². The number of rotatable bonds is 3. The van der Waals surface area contributed by atoms with Gasteiger partial charge in [0.2, 0.25) is 0 Å². The summed E-state index contributed by atoms with van der Waals surface area (Å²) in [6.45, 7) is 0. The van der Waals surface area contributed by atoms with E-state index in [4.69, 9.17) is 9.63 Å². The van der Waals surface area contributed by atoms with Gasteiger partial charge in [0.1, 0.15) is 5.76 Å². The van der Waals surface area contributed by atoms with Crippen molar-refractivity contribution in [2.75, 3.05) is 0 Å². The van der Waals surface area contributed by atoms with Gasteiger partial charge in [-0.25, -0.2) is 4.79 Å². The van der Waals surface area contributed by atoms with Crippen molar-refractivity contribution in [3.05, 3.63) is 17.5 Å². The number of aromatic nitrogens is 1. The number of carbonyl (C=O) groups is 1. The third-order valence-electron chi connectivity index (χ3n) is 2.74. The maximum atomic E-state index is 10.5. The van der Waals surface area contributed by atoms with Crippen LogP contribution in [0.15, 0.2) is 10.6 Å². The SMILES string of the molecule is O=C(O)c1cc(CC2CCCC2)on1. The molecular formula is C10H13NO3. The van der Waals surface area contributed by atoms with Crippen LogP contribution in [-0.2, 0) is 6.42 Å². The molecule has 76 valence electrons. The lowest BCUT2D eigenvalue weighted by Crippen LogP contribution is -1.97. The number of nitrogens with zero attached hydrogens (tertiary/aromatic N) is 1. The number of carboxylic acids is 1. The molecule has 14 heavy (non-hydrogen) atoms. The third kappa shape index (κ3) is 1.95. The molecule has 1 fully saturated rings. The third-order valence-corrected chi connectivity index (χ3v) is 2.74. The van der Waals surface area contributed by atoms with Crippen LogP contribution in [0.5, 0.6) is 0 Å². The minimum absolute atomic E-state index is 0.0120. The Labute approximate surface area is 81.9 Å². The summed E-state index contributed by atoms with van der Waals surface area (Å²) in [6, 6.07) is 1.53. The number of aromatic carboxylic acids is 1. The van der Waals surface area contributed by atoms with E-state index in [9.17, 15) is 4.79 Å². The topological polar surface area (TPSA) is 63.3 Å². The summed E-state index contributed by atoms with van der Waals surface area (Å²) in [7, 11) is 0. The lowest BCUT2D eigenvalue weighted by atomic mass is 10.0. The molecule has 0 spiro atoms. The van der Waals surface area contributed by atoms with Crippen molar-refractivity contribution < 1.29 is 14.4 Å². The van der Waals surface area contributed by atoms with E-state index in [2.05, 4.69) is 5.16 Å². The fraction of sp³-hybridized carbons (Fsp3) is 0.600. The zero-order valence-electron chi connectivity index (χ0n) is 7.90. The van der Waals surface area contributed by atoms with Gasteiger partial charge < -0.3 is 9.63 Å². The molecule has 0 unspecified atom stereocenters. The lowest BCUT2D eigenvalue weighted by molar-refractivity contribution is 0.0685. The van der Waals surface area contributed by atoms with Crippen molar-refractivity contribution in [2.24, 2.45) is 5.92 Å². The summed E-state index contributed by atoms with van der Waals surface area (Å²) < 4.78 is 4.96. The standard InChI is InChI=1S/C10H13NO3/c12-10(13)9-6-8(14-11-9)5-7-3-1-2-4-7/h6-7H,1-5H2,(H,12,13). The Hall–Kier alpha value is -1.32. The Kier molecular flexibility index (Phi) is 2.52. The predicted molar refractivity (Wildman–Crippen MR) is 49.1 cm³/mol. The molecule has 1 aliphatic carbocycles. The molecule has 0 aliphatic heterocycles. The normalized spacial score (nSPS) is 17.4. The number of hydrogen-bond acceptors (Lipinski definition) is 3. The molecule has 4 nitrogen and oxygen atoms in total. The molecule has 1 aliphatic rings. The van der Waals surface area contributed by atoms with Crippen molar-refractivity contribution in [3.8, 4) is 0 Å². The molecule has 0 aromatic carbocycles. The predicted octanol–water partition coefficient (Wildman–Crippen LogP) is 2.11. The largest absolute Gasteiger partial charge is 0.476 e. The molecule has 1 aromatic heterocycles. The maximum absolute atomic E-state index is 10.5. The highest BCUT2D eigenvalue weighted by molar-refractivity contribution is 5.85. The van der Waals surface area contributed by atoms with E-state index in [1.807, 2.05) is 0 Å². The van der Waals surface area contributed by atoms with Gasteiger partial charge in [-0.05, 0) is 5.92 Å². The van der Waals surface area contributed by atoms with Crippen LogP contribution in [0.4, 0.5) is 0 Å². The van der Waals surface area contributed by atoms with Gasteiger partial charge in [0.25, 0.3) is 0 Å². The van der Waals surface area contributed by atoms with Gasteiger partial charge >= 0.3 is 5.97 Å². The molecular weight excluding hydrogens is 182 g/mol. The van der Waals surface area contributed by atoms with Crippen LogP contribution in [0, 0.1) is 5.92 Å². The van der Waals surface area contributed by atoms with E-state index in [-0.39, 0.29) is 5.69 Å². The summed E-state index contributed by atoms with van der Waals surface area (Å²) in [5, 5.41) is 12.1. The van der Waals surface area contributed by atoms with Crippen LogP contribution in [-0.4, -0.2) is 16.2 Å². The van der Waals surface area contributed by atoms with Crippen molar-refractivity contribution >= 4 is 5.97 Å². The molecule has 1 heterocycles. The van der Waals surface area contributed by atoms with Crippen molar-refractivity contribution in [3.63, 3.8) is 0 Å². The highest BCUT2D eigenvalue weighted by Crippen LogP contribution is 2.28. The van der Waals surface area contributed by atoms with Gasteiger partial charge in [0.15, 0.2) is 5.69 Å². The van der Waals surface area contributed by atoms with Gasteiger partial charge in [-0.3, -0.25) is 0 Å². The first-order valence-corrected chi connectivity index (χ1v) is 4.94.